The Hall–Kier alpha value is -2.76. The second-order valence-corrected chi connectivity index (χ2v) is 6.14. The zero-order valence-electron chi connectivity index (χ0n) is 14.4. The molecule has 3 rings (SSSR count). The number of nitrogens with zero attached hydrogens (tertiary/aromatic N) is 4. The highest BCUT2D eigenvalue weighted by Crippen LogP contribution is 2.18. The van der Waals surface area contributed by atoms with E-state index in [0.717, 1.165) is 28.2 Å². The Balaban J connectivity index is 1.71. The normalized spacial score (nSPS) is 11.0. The van der Waals surface area contributed by atoms with E-state index in [9.17, 15) is 4.79 Å². The third-order valence-electron chi connectivity index (χ3n) is 4.41. The van der Waals surface area contributed by atoms with Crippen LogP contribution in [0.5, 0.6) is 0 Å². The zero-order valence-corrected chi connectivity index (χ0v) is 14.4. The molecule has 3 aromatic rings. The second-order valence-electron chi connectivity index (χ2n) is 6.14. The largest absolute Gasteiger partial charge is 0.326 e. The number of hydrogen-bond acceptors (Lipinski definition) is 4. The molecule has 6 nitrogen and oxygen atoms in total. The van der Waals surface area contributed by atoms with Gasteiger partial charge in [-0.2, -0.15) is 5.10 Å². The van der Waals surface area contributed by atoms with Crippen LogP contribution >= 0.6 is 0 Å². The Labute approximate surface area is 140 Å². The van der Waals surface area contributed by atoms with Crippen molar-refractivity contribution in [1.29, 1.82) is 0 Å². The number of anilines is 1. The molecule has 0 fully saturated rings. The predicted molar refractivity (Wildman–Crippen MR) is 93.1 cm³/mol. The molecular weight excluding hydrogens is 302 g/mol. The first-order chi connectivity index (χ1) is 11.5. The highest BCUT2D eigenvalue weighted by atomic mass is 16.1. The van der Waals surface area contributed by atoms with Crippen LogP contribution in [0.2, 0.25) is 0 Å². The van der Waals surface area contributed by atoms with Crippen molar-refractivity contribution in [1.82, 2.24) is 19.8 Å². The van der Waals surface area contributed by atoms with Crippen LogP contribution < -0.4 is 5.32 Å². The van der Waals surface area contributed by atoms with E-state index >= 15 is 0 Å². The van der Waals surface area contributed by atoms with E-state index in [1.807, 2.05) is 39.0 Å². The Bertz CT molecular complexity index is 913. The summed E-state index contributed by atoms with van der Waals surface area (Å²) in [5.74, 6) is -0.00149. The molecular formula is C18H21N5O. The lowest BCUT2D eigenvalue weighted by molar-refractivity contribution is -0.116. The number of benzene rings is 1. The average Bonchev–Trinajstić information content (AvgIpc) is 2.99. The molecule has 0 aliphatic carbocycles. The first-order valence-electron chi connectivity index (χ1n) is 7.99. The van der Waals surface area contributed by atoms with Crippen LogP contribution in [0.3, 0.4) is 0 Å². The van der Waals surface area contributed by atoms with E-state index in [1.54, 1.807) is 10.8 Å². The van der Waals surface area contributed by atoms with Crippen molar-refractivity contribution in [2.45, 2.75) is 40.5 Å². The molecule has 0 unspecified atom stereocenters. The number of aryl methyl sites for hydroxylation is 4. The van der Waals surface area contributed by atoms with Gasteiger partial charge in [0.1, 0.15) is 6.33 Å². The van der Waals surface area contributed by atoms with Gasteiger partial charge in [0.15, 0.2) is 5.65 Å². The molecule has 2 heterocycles. The summed E-state index contributed by atoms with van der Waals surface area (Å²) in [7, 11) is 0. The number of carbonyl (C=O) groups is 1. The van der Waals surface area contributed by atoms with Crippen LogP contribution in [-0.2, 0) is 11.2 Å². The van der Waals surface area contributed by atoms with E-state index in [2.05, 4.69) is 27.5 Å². The maximum atomic E-state index is 12.3. The van der Waals surface area contributed by atoms with Gasteiger partial charge in [0.2, 0.25) is 5.91 Å². The number of amides is 1. The second kappa shape index (κ2) is 6.39. The molecule has 0 saturated carbocycles. The maximum absolute atomic E-state index is 12.3. The standard InChI is InChI=1S/C18H21N5O/c1-11-5-6-15(9-12(11)2)20-17(24)8-7-16-13(3)18-21-19-10-23(18)22-14(16)4/h5-6,9-10H,7-8H2,1-4H3,(H,20,24). The Morgan fingerprint density at radius 2 is 1.96 bits per heavy atom. The fraction of sp³-hybridized carbons (Fsp3) is 0.333. The lowest BCUT2D eigenvalue weighted by Crippen LogP contribution is -2.14. The first-order valence-corrected chi connectivity index (χ1v) is 7.99. The molecule has 6 heteroatoms. The fourth-order valence-corrected chi connectivity index (χ4v) is 2.83. The predicted octanol–water partition coefficient (Wildman–Crippen LogP) is 2.93. The molecule has 1 amide bonds. The van der Waals surface area contributed by atoms with Crippen molar-refractivity contribution in [3.05, 3.63) is 52.5 Å². The lowest BCUT2D eigenvalue weighted by Gasteiger charge is -2.11. The molecule has 0 atom stereocenters. The number of hydrogen-bond donors (Lipinski definition) is 1. The van der Waals surface area contributed by atoms with Crippen molar-refractivity contribution < 1.29 is 4.79 Å². The Morgan fingerprint density at radius 3 is 2.71 bits per heavy atom. The van der Waals surface area contributed by atoms with Gasteiger partial charge >= 0.3 is 0 Å². The Morgan fingerprint density at radius 1 is 1.17 bits per heavy atom. The highest BCUT2D eigenvalue weighted by molar-refractivity contribution is 5.91. The fourth-order valence-electron chi connectivity index (χ4n) is 2.83. The van der Waals surface area contributed by atoms with Crippen LogP contribution in [0, 0.1) is 27.7 Å². The third-order valence-corrected chi connectivity index (χ3v) is 4.41. The zero-order chi connectivity index (χ0) is 17.3. The Kier molecular flexibility index (Phi) is 4.29. The highest BCUT2D eigenvalue weighted by Gasteiger charge is 2.13. The summed E-state index contributed by atoms with van der Waals surface area (Å²) in [5, 5.41) is 15.4. The molecule has 24 heavy (non-hydrogen) atoms. The number of rotatable bonds is 4. The van der Waals surface area contributed by atoms with Gasteiger partial charge < -0.3 is 5.32 Å². The number of aromatic nitrogens is 4. The van der Waals surface area contributed by atoms with E-state index in [0.29, 0.717) is 12.8 Å². The summed E-state index contributed by atoms with van der Waals surface area (Å²) in [6, 6.07) is 5.94. The van der Waals surface area contributed by atoms with Gasteiger partial charge in [-0.25, -0.2) is 4.52 Å². The van der Waals surface area contributed by atoms with Gasteiger partial charge in [-0.1, -0.05) is 6.07 Å². The molecule has 0 spiro atoms. The lowest BCUT2D eigenvalue weighted by atomic mass is 10.0. The summed E-state index contributed by atoms with van der Waals surface area (Å²) >= 11 is 0. The van der Waals surface area contributed by atoms with Crippen LogP contribution in [0.25, 0.3) is 5.65 Å². The minimum atomic E-state index is -0.00149. The molecule has 0 aliphatic heterocycles. The molecule has 124 valence electrons. The van der Waals surface area contributed by atoms with Crippen LogP contribution in [0.15, 0.2) is 24.5 Å². The number of fused-ring (bicyclic) bond motifs is 1. The van der Waals surface area contributed by atoms with Gasteiger partial charge in [0.25, 0.3) is 0 Å². The van der Waals surface area contributed by atoms with E-state index < -0.39 is 0 Å². The van der Waals surface area contributed by atoms with Crippen LogP contribution in [0.4, 0.5) is 5.69 Å². The van der Waals surface area contributed by atoms with Gasteiger partial charge in [0, 0.05) is 17.7 Å². The monoisotopic (exact) mass is 323 g/mol. The SMILES string of the molecule is Cc1ccc(NC(=O)CCc2c(C)nn3cnnc3c2C)cc1C. The minimum Gasteiger partial charge on any atom is -0.326 e. The molecule has 0 radical (unpaired) electrons. The molecule has 2 aromatic heterocycles. The maximum Gasteiger partial charge on any atom is 0.224 e. The van der Waals surface area contributed by atoms with E-state index in [1.165, 1.54) is 11.1 Å². The smallest absolute Gasteiger partial charge is 0.224 e. The van der Waals surface area contributed by atoms with Crippen molar-refractivity contribution in [3.63, 3.8) is 0 Å². The summed E-state index contributed by atoms with van der Waals surface area (Å²) in [5.41, 5.74) is 6.95. The summed E-state index contributed by atoms with van der Waals surface area (Å²) in [6.07, 6.45) is 2.62. The van der Waals surface area contributed by atoms with Crippen molar-refractivity contribution in [2.24, 2.45) is 0 Å². The van der Waals surface area contributed by atoms with Crippen LogP contribution in [0.1, 0.15) is 34.4 Å². The molecule has 1 aromatic carbocycles. The average molecular weight is 323 g/mol. The van der Waals surface area contributed by atoms with E-state index in [4.69, 9.17) is 0 Å². The van der Waals surface area contributed by atoms with Crippen molar-refractivity contribution >= 4 is 17.2 Å². The molecule has 0 bridgehead atoms. The van der Waals surface area contributed by atoms with E-state index in [-0.39, 0.29) is 5.91 Å². The summed E-state index contributed by atoms with van der Waals surface area (Å²) < 4.78 is 1.67. The van der Waals surface area contributed by atoms with Crippen molar-refractivity contribution in [2.75, 3.05) is 5.32 Å². The molecule has 0 aliphatic rings. The van der Waals surface area contributed by atoms with Crippen molar-refractivity contribution in [3.8, 4) is 0 Å². The quantitative estimate of drug-likeness (QED) is 0.801. The van der Waals surface area contributed by atoms with Gasteiger partial charge in [-0.05, 0) is 62.9 Å². The number of carbonyl (C=O) groups excluding carboxylic acids is 1. The van der Waals surface area contributed by atoms with Gasteiger partial charge in [-0.3, -0.25) is 4.79 Å². The summed E-state index contributed by atoms with van der Waals surface area (Å²) in [6.45, 7) is 8.04. The van der Waals surface area contributed by atoms with Gasteiger partial charge in [-0.15, -0.1) is 10.2 Å². The minimum absolute atomic E-state index is 0.00149. The molecule has 0 saturated heterocycles. The summed E-state index contributed by atoms with van der Waals surface area (Å²) in [4.78, 5) is 12.3. The topological polar surface area (TPSA) is 72.2 Å². The third kappa shape index (κ3) is 3.13. The van der Waals surface area contributed by atoms with Gasteiger partial charge in [0.05, 0.1) is 5.69 Å². The first kappa shape index (κ1) is 16.1. The molecule has 1 N–H and O–H groups in total. The number of nitrogens with one attached hydrogen (secondary N) is 1. The van der Waals surface area contributed by atoms with Crippen LogP contribution in [-0.4, -0.2) is 25.7 Å².